The summed E-state index contributed by atoms with van der Waals surface area (Å²) in [5.41, 5.74) is 3.74. The maximum Gasteiger partial charge on any atom is 0.223 e. The molecule has 1 aromatic carbocycles. The predicted octanol–water partition coefficient (Wildman–Crippen LogP) is 6.58. The molecule has 1 fully saturated rings. The van der Waals surface area contributed by atoms with Gasteiger partial charge in [0.15, 0.2) is 14.0 Å². The van der Waals surface area contributed by atoms with Crippen molar-refractivity contribution in [3.05, 3.63) is 66.2 Å². The third-order valence-electron chi connectivity index (χ3n) is 8.78. The topological polar surface area (TPSA) is 95.7 Å². The average Bonchev–Trinajstić information content (AvgIpc) is 3.39. The monoisotopic (exact) mass is 588 g/mol. The van der Waals surface area contributed by atoms with E-state index in [1.54, 1.807) is 13.3 Å². The number of nitrogens with zero attached hydrogens (tertiary/aromatic N) is 5. The molecule has 0 bridgehead atoms. The Morgan fingerprint density at radius 1 is 1.07 bits per heavy atom. The van der Waals surface area contributed by atoms with Crippen molar-refractivity contribution in [2.24, 2.45) is 5.92 Å². The Labute approximate surface area is 250 Å². The van der Waals surface area contributed by atoms with Crippen LogP contribution in [0.4, 0.5) is 5.95 Å². The lowest BCUT2D eigenvalue weighted by Crippen LogP contribution is -2.42. The number of rotatable bonds is 10. The summed E-state index contributed by atoms with van der Waals surface area (Å²) in [4.78, 5) is 9.25. The highest BCUT2D eigenvalue weighted by atomic mass is 28.4. The average molecular weight is 589 g/mol. The Hall–Kier alpha value is -3.34. The summed E-state index contributed by atoms with van der Waals surface area (Å²) in [6.45, 7) is 15.8. The van der Waals surface area contributed by atoms with Gasteiger partial charge in [-0.15, -0.1) is 10.2 Å². The third kappa shape index (κ3) is 6.66. The van der Waals surface area contributed by atoms with Gasteiger partial charge in [0, 0.05) is 49.7 Å². The van der Waals surface area contributed by atoms with Gasteiger partial charge in [-0.25, -0.2) is 9.97 Å². The lowest BCUT2D eigenvalue weighted by Gasteiger charge is -2.37. The van der Waals surface area contributed by atoms with Gasteiger partial charge in [-0.05, 0) is 72.8 Å². The van der Waals surface area contributed by atoms with Gasteiger partial charge >= 0.3 is 0 Å². The van der Waals surface area contributed by atoms with E-state index >= 15 is 0 Å². The van der Waals surface area contributed by atoms with Crippen molar-refractivity contribution in [1.82, 2.24) is 24.6 Å². The number of fused-ring (bicyclic) bond motifs is 1. The van der Waals surface area contributed by atoms with E-state index in [9.17, 15) is 0 Å². The molecule has 1 saturated heterocycles. The number of pyridine rings is 1. The molecule has 1 aliphatic heterocycles. The van der Waals surface area contributed by atoms with Gasteiger partial charge in [0.25, 0.3) is 0 Å². The first kappa shape index (κ1) is 30.1. The number of hydrogen-bond acceptors (Lipinski definition) is 8. The Balaban J connectivity index is 1.44. The molecule has 1 N–H and O–H groups in total. The molecule has 0 saturated carbocycles. The fraction of sp³-hybridized carbons (Fsp3) is 0.500. The molecule has 224 valence electrons. The number of anilines is 1. The molecule has 4 aromatic rings. The molecule has 0 aliphatic carbocycles. The zero-order valence-electron chi connectivity index (χ0n) is 25.9. The molecule has 4 heterocycles. The second-order valence-corrected chi connectivity index (χ2v) is 17.6. The van der Waals surface area contributed by atoms with Crippen LogP contribution in [0.2, 0.25) is 18.1 Å². The summed E-state index contributed by atoms with van der Waals surface area (Å²) in [5.74, 6) is 2.50. The normalized spacial score (nSPS) is 16.4. The summed E-state index contributed by atoms with van der Waals surface area (Å²) in [5, 5.41) is 13.0. The minimum atomic E-state index is -1.92. The molecular formula is C32H44N6O3Si. The van der Waals surface area contributed by atoms with Crippen LogP contribution in [0.3, 0.4) is 0 Å². The summed E-state index contributed by atoms with van der Waals surface area (Å²) in [7, 11) is -0.230. The third-order valence-corrected chi connectivity index (χ3v) is 13.3. The smallest absolute Gasteiger partial charge is 0.223 e. The molecule has 10 heteroatoms. The van der Waals surface area contributed by atoms with Crippen LogP contribution in [0.5, 0.6) is 5.75 Å². The van der Waals surface area contributed by atoms with Gasteiger partial charge < -0.3 is 19.2 Å². The molecule has 1 aliphatic rings. The van der Waals surface area contributed by atoms with Crippen molar-refractivity contribution >= 4 is 19.9 Å². The summed E-state index contributed by atoms with van der Waals surface area (Å²) >= 11 is 0. The van der Waals surface area contributed by atoms with Crippen molar-refractivity contribution in [1.29, 1.82) is 0 Å². The molecule has 2 unspecified atom stereocenters. The van der Waals surface area contributed by atoms with E-state index in [2.05, 4.69) is 78.8 Å². The second-order valence-electron chi connectivity index (χ2n) is 12.8. The van der Waals surface area contributed by atoms with E-state index in [0.717, 1.165) is 60.1 Å². The second kappa shape index (κ2) is 12.5. The van der Waals surface area contributed by atoms with Crippen LogP contribution in [0.1, 0.15) is 57.8 Å². The summed E-state index contributed by atoms with van der Waals surface area (Å²) in [6.07, 6.45) is 5.76. The van der Waals surface area contributed by atoms with Crippen molar-refractivity contribution in [2.45, 2.75) is 70.6 Å². The lowest BCUT2D eigenvalue weighted by atomic mass is 9.87. The molecular weight excluding hydrogens is 544 g/mol. The number of aromatic nitrogens is 5. The van der Waals surface area contributed by atoms with Crippen molar-refractivity contribution in [3.8, 4) is 17.0 Å². The largest absolute Gasteiger partial charge is 0.497 e. The Morgan fingerprint density at radius 3 is 2.50 bits per heavy atom. The van der Waals surface area contributed by atoms with Gasteiger partial charge in [0.1, 0.15) is 11.6 Å². The highest BCUT2D eigenvalue weighted by molar-refractivity contribution is 6.74. The van der Waals surface area contributed by atoms with Crippen LogP contribution in [0, 0.1) is 5.92 Å². The van der Waals surface area contributed by atoms with Crippen LogP contribution < -0.4 is 10.1 Å². The molecule has 5 rings (SSSR count). The lowest BCUT2D eigenvalue weighted by molar-refractivity contribution is 0.0903. The zero-order chi connectivity index (χ0) is 29.9. The number of methoxy groups -OCH3 is 1. The fourth-order valence-corrected chi connectivity index (χ4v) is 6.20. The fourth-order valence-electron chi connectivity index (χ4n) is 5.09. The quantitative estimate of drug-likeness (QED) is 0.208. The van der Waals surface area contributed by atoms with Gasteiger partial charge in [-0.1, -0.05) is 39.8 Å². The highest BCUT2D eigenvalue weighted by Crippen LogP contribution is 2.39. The van der Waals surface area contributed by atoms with Gasteiger partial charge in [0.2, 0.25) is 5.95 Å². The molecule has 0 radical (unpaired) electrons. The van der Waals surface area contributed by atoms with E-state index in [1.807, 2.05) is 30.5 Å². The SMILES string of the molecule is COc1ccc(C(c2nnc3cc(-c4ccnc(NC5CCOCC5)n4)ccn23)C(C)CO[Si](C)(C)C(C)(C)C)cc1. The van der Waals surface area contributed by atoms with Crippen LogP contribution in [0.15, 0.2) is 54.9 Å². The number of ether oxygens (including phenoxy) is 2. The van der Waals surface area contributed by atoms with Crippen LogP contribution in [-0.2, 0) is 9.16 Å². The summed E-state index contributed by atoms with van der Waals surface area (Å²) in [6, 6.07) is 14.6. The number of hydrogen-bond donors (Lipinski definition) is 1. The first-order valence-corrected chi connectivity index (χ1v) is 17.8. The highest BCUT2D eigenvalue weighted by Gasteiger charge is 2.38. The van der Waals surface area contributed by atoms with Gasteiger partial charge in [0.05, 0.1) is 12.8 Å². The van der Waals surface area contributed by atoms with E-state index < -0.39 is 8.32 Å². The van der Waals surface area contributed by atoms with E-state index in [1.165, 1.54) is 0 Å². The van der Waals surface area contributed by atoms with Crippen molar-refractivity contribution in [2.75, 3.05) is 32.2 Å². The van der Waals surface area contributed by atoms with Crippen LogP contribution >= 0.6 is 0 Å². The predicted molar refractivity (Wildman–Crippen MR) is 169 cm³/mol. The van der Waals surface area contributed by atoms with Crippen molar-refractivity contribution < 1.29 is 13.9 Å². The first-order valence-electron chi connectivity index (χ1n) is 14.9. The standard InChI is InChI=1S/C32H44N6O3Si/c1-22(21-41-42(6,7)32(2,3)4)29(23-8-10-26(39-5)11-9-23)30-37-36-28-20-24(13-17-38(28)30)27-12-16-33-31(35-27)34-25-14-18-40-19-15-25/h8-13,16-17,20,22,25,29H,14-15,18-19,21H2,1-7H3,(H,33,34,35). The molecule has 2 atom stereocenters. The van der Waals surface area contributed by atoms with E-state index in [4.69, 9.17) is 24.0 Å². The maximum absolute atomic E-state index is 6.69. The first-order chi connectivity index (χ1) is 20.1. The zero-order valence-corrected chi connectivity index (χ0v) is 26.9. The Kier molecular flexibility index (Phi) is 8.96. The van der Waals surface area contributed by atoms with E-state index in [-0.39, 0.29) is 16.9 Å². The molecule has 42 heavy (non-hydrogen) atoms. The molecule has 3 aromatic heterocycles. The molecule has 0 amide bonds. The van der Waals surface area contributed by atoms with Crippen molar-refractivity contribution in [3.63, 3.8) is 0 Å². The minimum Gasteiger partial charge on any atom is -0.497 e. The van der Waals surface area contributed by atoms with Gasteiger partial charge in [-0.3, -0.25) is 4.40 Å². The van der Waals surface area contributed by atoms with Gasteiger partial charge in [-0.2, -0.15) is 0 Å². The van der Waals surface area contributed by atoms with Crippen LogP contribution in [0.25, 0.3) is 16.9 Å². The minimum absolute atomic E-state index is 0.0177. The Morgan fingerprint density at radius 2 is 1.81 bits per heavy atom. The maximum atomic E-state index is 6.69. The summed E-state index contributed by atoms with van der Waals surface area (Å²) < 4.78 is 19.7. The number of benzene rings is 1. The van der Waals surface area contributed by atoms with Crippen LogP contribution in [-0.4, -0.2) is 65.9 Å². The Bertz CT molecular complexity index is 1480. The molecule has 0 spiro atoms. The van der Waals surface area contributed by atoms with E-state index in [0.29, 0.717) is 18.6 Å². The number of nitrogens with one attached hydrogen (secondary N) is 1. The molecule has 9 nitrogen and oxygen atoms in total.